The van der Waals surface area contributed by atoms with Gasteiger partial charge in [0.2, 0.25) is 0 Å². The molecule has 2 heterocycles. The topological polar surface area (TPSA) is 79.8 Å². The Morgan fingerprint density at radius 1 is 1.29 bits per heavy atom. The van der Waals surface area contributed by atoms with Gasteiger partial charge in [0.05, 0.1) is 11.2 Å². The van der Waals surface area contributed by atoms with Gasteiger partial charge in [-0.2, -0.15) is 5.10 Å². The molecule has 1 amide bonds. The molecule has 0 bridgehead atoms. The van der Waals surface area contributed by atoms with E-state index in [1.54, 1.807) is 12.3 Å². The molecule has 0 saturated heterocycles. The third kappa shape index (κ3) is 2.43. The lowest BCUT2D eigenvalue weighted by atomic mass is 10.2. The monoisotopic (exact) mass is 282 g/mol. The second kappa shape index (κ2) is 5.24. The SMILES string of the molecule is CCn1cc(NC(=O)c2n[nH]c3ccccc23)ccc1=O. The molecule has 6 heteroatoms. The molecular weight excluding hydrogens is 268 g/mol. The molecule has 0 saturated carbocycles. The van der Waals surface area contributed by atoms with Crippen molar-refractivity contribution in [1.82, 2.24) is 14.8 Å². The summed E-state index contributed by atoms with van der Waals surface area (Å²) in [6, 6.07) is 10.4. The third-order valence-electron chi connectivity index (χ3n) is 3.27. The summed E-state index contributed by atoms with van der Waals surface area (Å²) in [6.07, 6.45) is 1.62. The fraction of sp³-hybridized carbons (Fsp3) is 0.133. The molecule has 0 fully saturated rings. The molecule has 0 spiro atoms. The third-order valence-corrected chi connectivity index (χ3v) is 3.27. The molecule has 0 aliphatic rings. The zero-order chi connectivity index (χ0) is 14.8. The van der Waals surface area contributed by atoms with Crippen LogP contribution in [-0.2, 0) is 6.54 Å². The minimum absolute atomic E-state index is 0.0966. The molecule has 0 unspecified atom stereocenters. The number of carbonyl (C=O) groups is 1. The van der Waals surface area contributed by atoms with Crippen molar-refractivity contribution in [1.29, 1.82) is 0 Å². The fourth-order valence-corrected chi connectivity index (χ4v) is 2.18. The number of H-pyrrole nitrogens is 1. The first-order chi connectivity index (χ1) is 10.2. The summed E-state index contributed by atoms with van der Waals surface area (Å²) in [5.74, 6) is -0.311. The molecule has 1 aromatic carbocycles. The molecule has 3 aromatic rings. The van der Waals surface area contributed by atoms with Gasteiger partial charge in [-0.15, -0.1) is 0 Å². The number of hydrogen-bond acceptors (Lipinski definition) is 3. The van der Waals surface area contributed by atoms with Gasteiger partial charge in [0, 0.05) is 24.2 Å². The molecule has 3 rings (SSSR count). The van der Waals surface area contributed by atoms with Gasteiger partial charge in [-0.05, 0) is 19.1 Å². The first-order valence-electron chi connectivity index (χ1n) is 6.64. The lowest BCUT2D eigenvalue weighted by Gasteiger charge is -2.06. The predicted molar refractivity (Wildman–Crippen MR) is 80.4 cm³/mol. The summed E-state index contributed by atoms with van der Waals surface area (Å²) in [4.78, 5) is 23.8. The van der Waals surface area contributed by atoms with Crippen molar-refractivity contribution < 1.29 is 4.79 Å². The molecule has 0 aliphatic carbocycles. The van der Waals surface area contributed by atoms with Crippen molar-refractivity contribution in [2.45, 2.75) is 13.5 Å². The number of aryl methyl sites for hydroxylation is 1. The number of amides is 1. The Morgan fingerprint density at radius 3 is 2.90 bits per heavy atom. The molecule has 0 atom stereocenters. The number of pyridine rings is 1. The average molecular weight is 282 g/mol. The molecule has 6 nitrogen and oxygen atoms in total. The van der Waals surface area contributed by atoms with E-state index >= 15 is 0 Å². The highest BCUT2D eigenvalue weighted by atomic mass is 16.2. The van der Waals surface area contributed by atoms with E-state index in [2.05, 4.69) is 15.5 Å². The van der Waals surface area contributed by atoms with E-state index in [9.17, 15) is 9.59 Å². The van der Waals surface area contributed by atoms with E-state index in [0.29, 0.717) is 17.9 Å². The molecule has 2 N–H and O–H groups in total. The summed E-state index contributed by atoms with van der Waals surface area (Å²) in [5.41, 5.74) is 1.61. The fourth-order valence-electron chi connectivity index (χ4n) is 2.18. The van der Waals surface area contributed by atoms with Crippen molar-refractivity contribution in [3.8, 4) is 0 Å². The number of rotatable bonds is 3. The Morgan fingerprint density at radius 2 is 2.10 bits per heavy atom. The maximum Gasteiger partial charge on any atom is 0.276 e. The van der Waals surface area contributed by atoms with Gasteiger partial charge < -0.3 is 9.88 Å². The quantitative estimate of drug-likeness (QED) is 0.771. The molecular formula is C15H14N4O2. The van der Waals surface area contributed by atoms with Crippen LogP contribution in [0.25, 0.3) is 10.9 Å². The van der Waals surface area contributed by atoms with Gasteiger partial charge in [0.15, 0.2) is 5.69 Å². The largest absolute Gasteiger partial charge is 0.319 e. The molecule has 21 heavy (non-hydrogen) atoms. The van der Waals surface area contributed by atoms with Crippen LogP contribution in [0.15, 0.2) is 47.4 Å². The maximum absolute atomic E-state index is 12.3. The Kier molecular flexibility index (Phi) is 3.27. The van der Waals surface area contributed by atoms with E-state index in [0.717, 1.165) is 10.9 Å². The molecule has 106 valence electrons. The molecule has 2 aromatic heterocycles. The van der Waals surface area contributed by atoms with Crippen molar-refractivity contribution in [2.24, 2.45) is 0 Å². The van der Waals surface area contributed by atoms with Gasteiger partial charge in [-0.1, -0.05) is 18.2 Å². The van der Waals surface area contributed by atoms with E-state index in [1.165, 1.54) is 10.6 Å². The minimum atomic E-state index is -0.311. The van der Waals surface area contributed by atoms with Gasteiger partial charge >= 0.3 is 0 Å². The predicted octanol–water partition coefficient (Wildman–Crippen LogP) is 2.00. The highest BCUT2D eigenvalue weighted by Crippen LogP contribution is 2.16. The number of nitrogens with one attached hydrogen (secondary N) is 2. The minimum Gasteiger partial charge on any atom is -0.319 e. The number of aromatic nitrogens is 3. The zero-order valence-corrected chi connectivity index (χ0v) is 11.5. The summed E-state index contributed by atoms with van der Waals surface area (Å²) in [5, 5.41) is 10.4. The Hall–Kier alpha value is -2.89. The van der Waals surface area contributed by atoms with Crippen molar-refractivity contribution >= 4 is 22.5 Å². The van der Waals surface area contributed by atoms with Gasteiger partial charge in [0.1, 0.15) is 0 Å². The number of nitrogens with zero attached hydrogens (tertiary/aromatic N) is 2. The van der Waals surface area contributed by atoms with Crippen molar-refractivity contribution in [2.75, 3.05) is 5.32 Å². The first kappa shape index (κ1) is 13.1. The Labute approximate surface area is 120 Å². The van der Waals surface area contributed by atoms with Crippen LogP contribution in [0.2, 0.25) is 0 Å². The lowest BCUT2D eigenvalue weighted by molar-refractivity contribution is 0.102. The number of benzene rings is 1. The van der Waals surface area contributed by atoms with E-state index < -0.39 is 0 Å². The lowest BCUT2D eigenvalue weighted by Crippen LogP contribution is -2.20. The van der Waals surface area contributed by atoms with Crippen LogP contribution < -0.4 is 10.9 Å². The summed E-state index contributed by atoms with van der Waals surface area (Å²) in [6.45, 7) is 2.42. The van der Waals surface area contributed by atoms with Crippen LogP contribution in [0.3, 0.4) is 0 Å². The van der Waals surface area contributed by atoms with E-state index in [4.69, 9.17) is 0 Å². The molecule has 0 aliphatic heterocycles. The van der Waals surface area contributed by atoms with Gasteiger partial charge in [-0.25, -0.2) is 0 Å². The smallest absolute Gasteiger partial charge is 0.276 e. The number of para-hydroxylation sites is 1. The normalized spacial score (nSPS) is 10.7. The Bertz CT molecular complexity index is 863. The standard InChI is InChI=1S/C15H14N4O2/c1-2-19-9-10(7-8-13(19)20)16-15(21)14-11-5-3-4-6-12(11)17-18-14/h3-9H,2H2,1H3,(H,16,21)(H,17,18). The van der Waals surface area contributed by atoms with E-state index in [-0.39, 0.29) is 11.5 Å². The summed E-state index contributed by atoms with van der Waals surface area (Å²) >= 11 is 0. The number of aromatic amines is 1. The second-order valence-corrected chi connectivity index (χ2v) is 4.61. The van der Waals surface area contributed by atoms with Crippen LogP contribution in [0.5, 0.6) is 0 Å². The first-order valence-corrected chi connectivity index (χ1v) is 6.64. The van der Waals surface area contributed by atoms with Gasteiger partial charge in [-0.3, -0.25) is 14.7 Å². The number of carbonyl (C=O) groups excluding carboxylic acids is 1. The highest BCUT2D eigenvalue weighted by Gasteiger charge is 2.14. The van der Waals surface area contributed by atoms with Crippen LogP contribution in [-0.4, -0.2) is 20.7 Å². The Balaban J connectivity index is 1.91. The average Bonchev–Trinajstić information content (AvgIpc) is 2.93. The highest BCUT2D eigenvalue weighted by molar-refractivity contribution is 6.10. The molecule has 0 radical (unpaired) electrons. The number of fused-ring (bicyclic) bond motifs is 1. The summed E-state index contributed by atoms with van der Waals surface area (Å²) < 4.78 is 1.53. The van der Waals surface area contributed by atoms with Crippen LogP contribution in [0.4, 0.5) is 5.69 Å². The van der Waals surface area contributed by atoms with Gasteiger partial charge in [0.25, 0.3) is 11.5 Å². The van der Waals surface area contributed by atoms with Crippen molar-refractivity contribution in [3.63, 3.8) is 0 Å². The van der Waals surface area contributed by atoms with Crippen LogP contribution in [0, 0.1) is 0 Å². The van der Waals surface area contributed by atoms with Crippen LogP contribution >= 0.6 is 0 Å². The maximum atomic E-state index is 12.3. The number of anilines is 1. The van der Waals surface area contributed by atoms with E-state index in [1.807, 2.05) is 31.2 Å². The second-order valence-electron chi connectivity index (χ2n) is 4.61. The summed E-state index contributed by atoms with van der Waals surface area (Å²) in [7, 11) is 0. The number of hydrogen-bond donors (Lipinski definition) is 2. The van der Waals surface area contributed by atoms with Crippen molar-refractivity contribution in [3.05, 3.63) is 58.6 Å². The zero-order valence-electron chi connectivity index (χ0n) is 11.5. The van der Waals surface area contributed by atoms with Crippen LogP contribution in [0.1, 0.15) is 17.4 Å².